The number of hydrogen-bond donors (Lipinski definition) is 0. The van der Waals surface area contributed by atoms with E-state index in [2.05, 4.69) is 32.0 Å². The Balaban J connectivity index is 3.17. The Kier molecular flexibility index (Phi) is 2.92. The molecular weight excluding hydrogens is 135 g/mol. The maximum atomic E-state index is 2.25. The molecule has 0 atom stereocenters. The van der Waals surface area contributed by atoms with Gasteiger partial charge in [-0.15, -0.1) is 0 Å². The van der Waals surface area contributed by atoms with Crippen LogP contribution in [-0.4, -0.2) is 49.0 Å². The number of benzene rings is 1. The zero-order valence-electron chi connectivity index (χ0n) is 6.23. The van der Waals surface area contributed by atoms with Gasteiger partial charge in [-0.05, 0) is 0 Å². The van der Waals surface area contributed by atoms with E-state index in [0.29, 0.717) is 0 Å². The van der Waals surface area contributed by atoms with E-state index in [9.17, 15) is 0 Å². The SMILES string of the molecule is Cc1cc[c]([K])c(C)c1. The van der Waals surface area contributed by atoms with Crippen molar-refractivity contribution in [3.05, 3.63) is 29.3 Å². The molecule has 0 aliphatic carbocycles. The molecule has 1 rings (SSSR count). The van der Waals surface area contributed by atoms with Gasteiger partial charge in [-0.1, -0.05) is 0 Å². The average molecular weight is 144 g/mol. The molecule has 0 nitrogen and oxygen atoms in total. The molecule has 0 unspecified atom stereocenters. The Morgan fingerprint density at radius 2 is 1.89 bits per heavy atom. The van der Waals surface area contributed by atoms with Gasteiger partial charge in [0.05, 0.1) is 0 Å². The molecule has 0 aliphatic rings. The van der Waals surface area contributed by atoms with Crippen LogP contribution in [0.3, 0.4) is 0 Å². The third-order valence-electron chi connectivity index (χ3n) is 1.66. The van der Waals surface area contributed by atoms with Crippen LogP contribution in [0.5, 0.6) is 0 Å². The van der Waals surface area contributed by atoms with E-state index in [1.807, 2.05) is 0 Å². The third kappa shape index (κ3) is 2.17. The summed E-state index contributed by atoms with van der Waals surface area (Å²) >= 11 is 0.838. The molecule has 0 bridgehead atoms. The zero-order valence-corrected chi connectivity index (χ0v) is 9.36. The summed E-state index contributed by atoms with van der Waals surface area (Å²) in [4.78, 5) is 0. The molecule has 0 radical (unpaired) electrons. The standard InChI is InChI=1S/C8H9.K/c1-7-4-3-5-8(2)6-7;/h3-4,6H,1-2H3;. The van der Waals surface area contributed by atoms with Crippen molar-refractivity contribution >= 4 is 48.6 Å². The number of aryl methyl sites for hydroxylation is 2. The fourth-order valence-corrected chi connectivity index (χ4v) is 1.38. The van der Waals surface area contributed by atoms with Crippen molar-refractivity contribution in [2.45, 2.75) is 13.8 Å². The van der Waals surface area contributed by atoms with Gasteiger partial charge in [-0.2, -0.15) is 0 Å². The topological polar surface area (TPSA) is 0 Å². The van der Waals surface area contributed by atoms with Crippen molar-refractivity contribution in [2.75, 3.05) is 0 Å². The van der Waals surface area contributed by atoms with Crippen molar-refractivity contribution in [2.24, 2.45) is 0 Å². The molecule has 0 saturated heterocycles. The normalized spacial score (nSPS) is 9.78. The van der Waals surface area contributed by atoms with Crippen molar-refractivity contribution < 1.29 is 0 Å². The first-order valence-corrected chi connectivity index (χ1v) is 4.80. The molecule has 1 aromatic rings. The van der Waals surface area contributed by atoms with Crippen molar-refractivity contribution in [1.82, 2.24) is 0 Å². The van der Waals surface area contributed by atoms with Crippen molar-refractivity contribution in [3.63, 3.8) is 0 Å². The minimum absolute atomic E-state index is 0.838. The van der Waals surface area contributed by atoms with Crippen LogP contribution in [0, 0.1) is 13.8 Å². The monoisotopic (exact) mass is 144 g/mol. The molecule has 42 valence electrons. The van der Waals surface area contributed by atoms with E-state index in [1.165, 1.54) is 11.1 Å². The average Bonchev–Trinajstić information content (AvgIpc) is 1.80. The van der Waals surface area contributed by atoms with Crippen LogP contribution in [0.1, 0.15) is 11.1 Å². The number of rotatable bonds is 0. The van der Waals surface area contributed by atoms with E-state index in [4.69, 9.17) is 0 Å². The van der Waals surface area contributed by atoms with Gasteiger partial charge < -0.3 is 0 Å². The fraction of sp³-hybridized carbons (Fsp3) is 0.250. The van der Waals surface area contributed by atoms with Crippen LogP contribution >= 0.6 is 0 Å². The molecule has 0 saturated carbocycles. The first-order chi connectivity index (χ1) is 4.20. The fourth-order valence-electron chi connectivity index (χ4n) is 0.891. The molecule has 0 N–H and O–H groups in total. The van der Waals surface area contributed by atoms with Crippen LogP contribution < -0.4 is -0.342 Å². The first-order valence-electron chi connectivity index (χ1n) is 3.24. The summed E-state index contributed by atoms with van der Waals surface area (Å²) in [6, 6.07) is 6.68. The van der Waals surface area contributed by atoms with Gasteiger partial charge in [0, 0.05) is 0 Å². The van der Waals surface area contributed by atoms with E-state index < -0.39 is 0 Å². The Hall–Kier alpha value is 0.856. The van der Waals surface area contributed by atoms with Crippen molar-refractivity contribution in [1.29, 1.82) is 0 Å². The van der Waals surface area contributed by atoms with Gasteiger partial charge in [0.2, 0.25) is 0 Å². The van der Waals surface area contributed by atoms with Crippen LogP contribution in [0.2, 0.25) is 0 Å². The summed E-state index contributed by atoms with van der Waals surface area (Å²) in [5, 5.41) is 0. The van der Waals surface area contributed by atoms with E-state index in [1.54, 1.807) is -0.342 Å². The van der Waals surface area contributed by atoms with Gasteiger partial charge in [0.15, 0.2) is 0 Å². The quantitative estimate of drug-likeness (QED) is 0.478. The molecule has 0 aromatic heterocycles. The molecule has 9 heavy (non-hydrogen) atoms. The molecule has 0 fully saturated rings. The summed E-state index contributed by atoms with van der Waals surface area (Å²) in [6.45, 7) is 4.33. The third-order valence-corrected chi connectivity index (χ3v) is 3.41. The molecule has 0 heterocycles. The molecule has 0 spiro atoms. The molecule has 1 heteroatoms. The second-order valence-corrected chi connectivity index (χ2v) is 4.27. The Morgan fingerprint density at radius 3 is 2.33 bits per heavy atom. The summed E-state index contributed by atoms with van der Waals surface area (Å²) in [5.74, 6) is 0. The van der Waals surface area contributed by atoms with Crippen molar-refractivity contribution in [3.8, 4) is 0 Å². The van der Waals surface area contributed by atoms with E-state index in [-0.39, 0.29) is 0 Å². The molecule has 0 aliphatic heterocycles. The minimum atomic E-state index is 0.838. The summed E-state index contributed by atoms with van der Waals surface area (Å²) in [6.07, 6.45) is 0. The predicted octanol–water partition coefficient (Wildman–Crippen LogP) is 1.10. The summed E-state index contributed by atoms with van der Waals surface area (Å²) < 4.78 is 1.56. The van der Waals surface area contributed by atoms with Gasteiger partial charge in [-0.25, -0.2) is 0 Å². The molecule has 0 amide bonds. The van der Waals surface area contributed by atoms with E-state index >= 15 is 0 Å². The second kappa shape index (κ2) is 3.31. The van der Waals surface area contributed by atoms with Gasteiger partial charge >= 0.3 is 91.8 Å². The Morgan fingerprint density at radius 1 is 1.22 bits per heavy atom. The maximum absolute atomic E-state index is 2.25. The second-order valence-electron chi connectivity index (χ2n) is 2.59. The Labute approximate surface area is 90.2 Å². The van der Waals surface area contributed by atoms with E-state index in [0.717, 1.165) is 49.0 Å². The van der Waals surface area contributed by atoms with Gasteiger partial charge in [-0.3, -0.25) is 0 Å². The Bertz CT molecular complexity index is 216. The zero-order chi connectivity index (χ0) is 6.85. The van der Waals surface area contributed by atoms with Crippen LogP contribution in [0.15, 0.2) is 18.2 Å². The molecule has 1 aromatic carbocycles. The summed E-state index contributed by atoms with van der Waals surface area (Å²) in [7, 11) is 0. The molecular formula is C8H9K. The number of hydrogen-bond acceptors (Lipinski definition) is 0. The van der Waals surface area contributed by atoms with Crippen LogP contribution in [0.25, 0.3) is 0 Å². The van der Waals surface area contributed by atoms with Crippen LogP contribution in [-0.2, 0) is 0 Å². The predicted molar refractivity (Wildman–Crippen MR) is 41.3 cm³/mol. The summed E-state index contributed by atoms with van der Waals surface area (Å²) in [5.41, 5.74) is 2.84. The van der Waals surface area contributed by atoms with Gasteiger partial charge in [0.1, 0.15) is 0 Å². The van der Waals surface area contributed by atoms with Crippen LogP contribution in [0.4, 0.5) is 0 Å². The first kappa shape index (κ1) is 7.96. The van der Waals surface area contributed by atoms with Gasteiger partial charge in [0.25, 0.3) is 0 Å².